The van der Waals surface area contributed by atoms with E-state index in [1.807, 2.05) is 0 Å². The molecular weight excluding hydrogens is 262 g/mol. The molecule has 6 heteroatoms. The molecule has 0 saturated carbocycles. The van der Waals surface area contributed by atoms with Gasteiger partial charge < -0.3 is 0 Å². The minimum atomic E-state index is -0.923. The summed E-state index contributed by atoms with van der Waals surface area (Å²) in [6, 6.07) is 4.00. The van der Waals surface area contributed by atoms with Crippen molar-refractivity contribution in [3.63, 3.8) is 0 Å². The SMILES string of the molecule is Fc1cccc(-c2nc3c4c(ncn3n2)CCC4)c1F. The molecule has 1 aliphatic rings. The van der Waals surface area contributed by atoms with E-state index in [9.17, 15) is 8.78 Å². The van der Waals surface area contributed by atoms with Crippen molar-refractivity contribution >= 4 is 5.65 Å². The highest BCUT2D eigenvalue weighted by Gasteiger charge is 2.20. The van der Waals surface area contributed by atoms with E-state index in [2.05, 4.69) is 15.1 Å². The van der Waals surface area contributed by atoms with E-state index in [1.54, 1.807) is 6.33 Å². The van der Waals surface area contributed by atoms with Gasteiger partial charge in [0, 0.05) is 11.3 Å². The summed E-state index contributed by atoms with van der Waals surface area (Å²) in [7, 11) is 0. The van der Waals surface area contributed by atoms with Crippen LogP contribution in [0.1, 0.15) is 17.7 Å². The monoisotopic (exact) mass is 272 g/mol. The Morgan fingerprint density at radius 1 is 1.15 bits per heavy atom. The van der Waals surface area contributed by atoms with E-state index in [1.165, 1.54) is 16.6 Å². The van der Waals surface area contributed by atoms with Gasteiger partial charge in [0.1, 0.15) is 6.33 Å². The zero-order chi connectivity index (χ0) is 13.7. The lowest BCUT2D eigenvalue weighted by atomic mass is 10.2. The Morgan fingerprint density at radius 2 is 2.05 bits per heavy atom. The first-order valence-electron chi connectivity index (χ1n) is 6.41. The predicted octanol–water partition coefficient (Wildman–Crippen LogP) is 2.56. The van der Waals surface area contributed by atoms with Gasteiger partial charge >= 0.3 is 0 Å². The summed E-state index contributed by atoms with van der Waals surface area (Å²) < 4.78 is 28.6. The zero-order valence-electron chi connectivity index (χ0n) is 10.5. The Bertz CT molecular complexity index is 825. The fourth-order valence-corrected chi connectivity index (χ4v) is 2.64. The summed E-state index contributed by atoms with van der Waals surface area (Å²) in [5.41, 5.74) is 2.84. The molecular formula is C14H10F2N4. The molecule has 0 unspecified atom stereocenters. The average Bonchev–Trinajstić information content (AvgIpc) is 3.06. The summed E-state index contributed by atoms with van der Waals surface area (Å²) in [5.74, 6) is -1.64. The van der Waals surface area contributed by atoms with Crippen LogP contribution in [0.5, 0.6) is 0 Å². The van der Waals surface area contributed by atoms with Crippen LogP contribution in [0, 0.1) is 11.6 Å². The molecule has 0 N–H and O–H groups in total. The van der Waals surface area contributed by atoms with Crippen molar-refractivity contribution in [3.8, 4) is 11.4 Å². The number of aryl methyl sites for hydroxylation is 2. The van der Waals surface area contributed by atoms with Crippen LogP contribution < -0.4 is 0 Å². The first-order chi connectivity index (χ1) is 9.74. The van der Waals surface area contributed by atoms with Crippen molar-refractivity contribution < 1.29 is 8.78 Å². The van der Waals surface area contributed by atoms with E-state index in [4.69, 9.17) is 0 Å². The maximum atomic E-state index is 13.8. The fraction of sp³-hybridized carbons (Fsp3) is 0.214. The van der Waals surface area contributed by atoms with Gasteiger partial charge in [0.25, 0.3) is 0 Å². The average molecular weight is 272 g/mol. The van der Waals surface area contributed by atoms with Gasteiger partial charge in [0.05, 0.1) is 5.56 Å². The van der Waals surface area contributed by atoms with Crippen molar-refractivity contribution in [2.24, 2.45) is 0 Å². The topological polar surface area (TPSA) is 43.1 Å². The normalized spacial score (nSPS) is 13.9. The molecule has 0 spiro atoms. The second-order valence-electron chi connectivity index (χ2n) is 4.83. The maximum absolute atomic E-state index is 13.8. The van der Waals surface area contributed by atoms with Gasteiger partial charge in [-0.15, -0.1) is 5.10 Å². The standard InChI is InChI=1S/C14H10F2N4/c15-10-5-1-4-9(12(10)16)13-18-14-8-3-2-6-11(8)17-7-20(14)19-13/h1,4-5,7H,2-3,6H2. The van der Waals surface area contributed by atoms with E-state index < -0.39 is 11.6 Å². The Labute approximate surface area is 113 Å². The van der Waals surface area contributed by atoms with Crippen molar-refractivity contribution in [1.29, 1.82) is 0 Å². The summed E-state index contributed by atoms with van der Waals surface area (Å²) in [6.45, 7) is 0. The second kappa shape index (κ2) is 4.06. The summed E-state index contributed by atoms with van der Waals surface area (Å²) in [4.78, 5) is 8.69. The number of hydrogen-bond donors (Lipinski definition) is 0. The second-order valence-corrected chi connectivity index (χ2v) is 4.83. The highest BCUT2D eigenvalue weighted by Crippen LogP contribution is 2.26. The summed E-state index contributed by atoms with van der Waals surface area (Å²) in [5, 5.41) is 4.20. The number of rotatable bonds is 1. The van der Waals surface area contributed by atoms with Crippen LogP contribution in [0.25, 0.3) is 17.0 Å². The van der Waals surface area contributed by atoms with Crippen molar-refractivity contribution in [3.05, 3.63) is 47.4 Å². The third kappa shape index (κ3) is 1.54. The summed E-state index contributed by atoms with van der Waals surface area (Å²) >= 11 is 0. The molecule has 0 aliphatic heterocycles. The number of benzene rings is 1. The molecule has 2 aromatic heterocycles. The quantitative estimate of drug-likeness (QED) is 0.683. The Kier molecular flexibility index (Phi) is 2.33. The zero-order valence-corrected chi connectivity index (χ0v) is 10.5. The van der Waals surface area contributed by atoms with Gasteiger partial charge in [-0.05, 0) is 31.4 Å². The first-order valence-corrected chi connectivity index (χ1v) is 6.41. The minimum absolute atomic E-state index is 0.0699. The molecule has 0 fully saturated rings. The van der Waals surface area contributed by atoms with Gasteiger partial charge in [0.2, 0.25) is 0 Å². The molecule has 0 saturated heterocycles. The molecule has 0 atom stereocenters. The third-order valence-electron chi connectivity index (χ3n) is 3.61. The van der Waals surface area contributed by atoms with Crippen LogP contribution in [-0.2, 0) is 12.8 Å². The molecule has 4 nitrogen and oxygen atoms in total. The van der Waals surface area contributed by atoms with Crippen molar-refractivity contribution in [2.75, 3.05) is 0 Å². The van der Waals surface area contributed by atoms with Crippen LogP contribution in [0.4, 0.5) is 8.78 Å². The maximum Gasteiger partial charge on any atom is 0.185 e. The van der Waals surface area contributed by atoms with E-state index in [0.29, 0.717) is 5.65 Å². The molecule has 0 amide bonds. The molecule has 1 aliphatic carbocycles. The van der Waals surface area contributed by atoms with E-state index in [-0.39, 0.29) is 11.4 Å². The Balaban J connectivity index is 1.96. The lowest BCUT2D eigenvalue weighted by molar-refractivity contribution is 0.510. The number of aromatic nitrogens is 4. The van der Waals surface area contributed by atoms with Gasteiger partial charge in [0.15, 0.2) is 23.1 Å². The van der Waals surface area contributed by atoms with Crippen molar-refractivity contribution in [2.45, 2.75) is 19.3 Å². The Morgan fingerprint density at radius 3 is 2.95 bits per heavy atom. The van der Waals surface area contributed by atoms with Crippen LogP contribution in [0.3, 0.4) is 0 Å². The largest absolute Gasteiger partial charge is 0.241 e. The predicted molar refractivity (Wildman–Crippen MR) is 68.2 cm³/mol. The molecule has 0 bridgehead atoms. The molecule has 20 heavy (non-hydrogen) atoms. The lowest BCUT2D eigenvalue weighted by Crippen LogP contribution is -1.96. The molecule has 4 rings (SSSR count). The smallest absolute Gasteiger partial charge is 0.185 e. The molecule has 1 aromatic carbocycles. The fourth-order valence-electron chi connectivity index (χ4n) is 2.64. The number of fused-ring (bicyclic) bond motifs is 3. The number of halogens is 2. The third-order valence-corrected chi connectivity index (χ3v) is 3.61. The Hall–Kier alpha value is -2.37. The van der Waals surface area contributed by atoms with Crippen LogP contribution in [-0.4, -0.2) is 19.6 Å². The van der Waals surface area contributed by atoms with Crippen LogP contribution >= 0.6 is 0 Å². The van der Waals surface area contributed by atoms with Gasteiger partial charge in [-0.2, -0.15) is 0 Å². The van der Waals surface area contributed by atoms with Crippen LogP contribution in [0.15, 0.2) is 24.5 Å². The highest BCUT2D eigenvalue weighted by atomic mass is 19.2. The van der Waals surface area contributed by atoms with Gasteiger partial charge in [-0.25, -0.2) is 23.3 Å². The van der Waals surface area contributed by atoms with Crippen LogP contribution in [0.2, 0.25) is 0 Å². The van der Waals surface area contributed by atoms with E-state index >= 15 is 0 Å². The van der Waals surface area contributed by atoms with E-state index in [0.717, 1.165) is 36.6 Å². The minimum Gasteiger partial charge on any atom is -0.241 e. The number of hydrogen-bond acceptors (Lipinski definition) is 3. The van der Waals surface area contributed by atoms with Crippen molar-refractivity contribution in [1.82, 2.24) is 19.6 Å². The lowest BCUT2D eigenvalue weighted by Gasteiger charge is -1.97. The van der Waals surface area contributed by atoms with Gasteiger partial charge in [-0.3, -0.25) is 0 Å². The summed E-state index contributed by atoms with van der Waals surface area (Å²) in [6.07, 6.45) is 4.45. The first kappa shape index (κ1) is 11.5. The molecule has 0 radical (unpaired) electrons. The molecule has 100 valence electrons. The molecule has 2 heterocycles. The number of nitrogens with zero attached hydrogens (tertiary/aromatic N) is 4. The molecule has 3 aromatic rings. The highest BCUT2D eigenvalue weighted by molar-refractivity contribution is 5.61. The van der Waals surface area contributed by atoms with Gasteiger partial charge in [-0.1, -0.05) is 6.07 Å².